The van der Waals surface area contributed by atoms with Gasteiger partial charge in [0.25, 0.3) is 11.6 Å². The number of amides is 1. The molecule has 0 bridgehead atoms. The van der Waals surface area contributed by atoms with E-state index in [0.717, 1.165) is 23.1 Å². The molecule has 178 valence electrons. The Balaban J connectivity index is 1.43. The number of aryl methyl sites for hydroxylation is 1. The molecule has 1 amide bonds. The molecule has 0 radical (unpaired) electrons. The highest BCUT2D eigenvalue weighted by Gasteiger charge is 2.16. The highest BCUT2D eigenvalue weighted by molar-refractivity contribution is 7.80. The van der Waals surface area contributed by atoms with Crippen molar-refractivity contribution >= 4 is 45.7 Å². The largest absolute Gasteiger partial charge is 0.436 e. The van der Waals surface area contributed by atoms with Crippen LogP contribution in [0.4, 0.5) is 11.4 Å². The summed E-state index contributed by atoms with van der Waals surface area (Å²) in [7, 11) is 0. The van der Waals surface area contributed by atoms with Crippen molar-refractivity contribution < 1.29 is 14.1 Å². The van der Waals surface area contributed by atoms with Crippen LogP contribution in [-0.4, -0.2) is 20.9 Å². The number of anilines is 1. The SMILES string of the molecule is CC[C@H](C)c1ccc2oc(-c3ccc(NC(=S)NC(=O)c4ccc(C)c([N+](=O)[O-])c4)cc3)nc2c1. The van der Waals surface area contributed by atoms with E-state index in [1.54, 1.807) is 19.1 Å². The number of carbonyl (C=O) groups is 1. The predicted octanol–water partition coefficient (Wildman–Crippen LogP) is 6.35. The second-order valence-corrected chi connectivity index (χ2v) is 8.71. The summed E-state index contributed by atoms with van der Waals surface area (Å²) < 4.78 is 5.92. The predicted molar refractivity (Wildman–Crippen MR) is 140 cm³/mol. The van der Waals surface area contributed by atoms with Crippen molar-refractivity contribution in [3.05, 3.63) is 87.5 Å². The molecule has 35 heavy (non-hydrogen) atoms. The molecular weight excluding hydrogens is 464 g/mol. The third kappa shape index (κ3) is 5.36. The van der Waals surface area contributed by atoms with Gasteiger partial charge in [0.05, 0.1) is 4.92 Å². The number of hydrogen-bond acceptors (Lipinski definition) is 6. The summed E-state index contributed by atoms with van der Waals surface area (Å²) in [5.74, 6) is 0.436. The molecule has 0 saturated heterocycles. The van der Waals surface area contributed by atoms with E-state index in [0.29, 0.717) is 23.1 Å². The number of benzene rings is 3. The lowest BCUT2D eigenvalue weighted by molar-refractivity contribution is -0.385. The molecule has 1 heterocycles. The summed E-state index contributed by atoms with van der Waals surface area (Å²) in [6.07, 6.45) is 1.05. The Morgan fingerprint density at radius 3 is 2.57 bits per heavy atom. The molecule has 3 aromatic carbocycles. The van der Waals surface area contributed by atoms with Crippen molar-refractivity contribution in [1.29, 1.82) is 0 Å². The number of aromatic nitrogens is 1. The molecule has 4 rings (SSSR count). The van der Waals surface area contributed by atoms with Crippen molar-refractivity contribution in [2.24, 2.45) is 0 Å². The summed E-state index contributed by atoms with van der Waals surface area (Å²) in [4.78, 5) is 27.7. The maximum absolute atomic E-state index is 12.5. The van der Waals surface area contributed by atoms with Gasteiger partial charge in [0.1, 0.15) is 5.52 Å². The summed E-state index contributed by atoms with van der Waals surface area (Å²) in [6, 6.07) is 17.6. The van der Waals surface area contributed by atoms with E-state index in [4.69, 9.17) is 16.6 Å². The maximum atomic E-state index is 12.5. The molecule has 2 N–H and O–H groups in total. The van der Waals surface area contributed by atoms with Gasteiger partial charge in [-0.1, -0.05) is 26.0 Å². The monoisotopic (exact) mass is 488 g/mol. The topological polar surface area (TPSA) is 110 Å². The van der Waals surface area contributed by atoms with Crippen LogP contribution in [-0.2, 0) is 0 Å². The van der Waals surface area contributed by atoms with Gasteiger partial charge in [0.15, 0.2) is 10.7 Å². The van der Waals surface area contributed by atoms with Crippen LogP contribution in [0, 0.1) is 17.0 Å². The van der Waals surface area contributed by atoms with Gasteiger partial charge in [-0.15, -0.1) is 0 Å². The number of fused-ring (bicyclic) bond motifs is 1. The Morgan fingerprint density at radius 1 is 1.14 bits per heavy atom. The van der Waals surface area contributed by atoms with E-state index in [2.05, 4.69) is 41.6 Å². The molecule has 0 unspecified atom stereocenters. The molecule has 0 spiro atoms. The van der Waals surface area contributed by atoms with Crippen molar-refractivity contribution in [2.75, 3.05) is 5.32 Å². The van der Waals surface area contributed by atoms with Gasteiger partial charge in [0, 0.05) is 28.4 Å². The second-order valence-electron chi connectivity index (χ2n) is 8.30. The van der Waals surface area contributed by atoms with Gasteiger partial charge in [-0.2, -0.15) is 0 Å². The van der Waals surface area contributed by atoms with Crippen molar-refractivity contribution in [3.63, 3.8) is 0 Å². The van der Waals surface area contributed by atoms with Crippen LogP contribution in [0.2, 0.25) is 0 Å². The quantitative estimate of drug-likeness (QED) is 0.185. The van der Waals surface area contributed by atoms with E-state index in [1.807, 2.05) is 18.2 Å². The third-order valence-electron chi connectivity index (χ3n) is 5.88. The van der Waals surface area contributed by atoms with Crippen LogP contribution in [0.15, 0.2) is 65.1 Å². The summed E-state index contributed by atoms with van der Waals surface area (Å²) >= 11 is 5.23. The van der Waals surface area contributed by atoms with E-state index in [-0.39, 0.29) is 16.4 Å². The summed E-state index contributed by atoms with van der Waals surface area (Å²) in [6.45, 7) is 5.95. The minimum absolute atomic E-state index is 0.0745. The number of oxazole rings is 1. The zero-order chi connectivity index (χ0) is 25.1. The van der Waals surface area contributed by atoms with Gasteiger partial charge >= 0.3 is 0 Å². The Labute approximate surface area is 207 Å². The molecule has 0 aliphatic rings. The number of nitrogens with one attached hydrogen (secondary N) is 2. The van der Waals surface area contributed by atoms with Crippen molar-refractivity contribution in [3.8, 4) is 11.5 Å². The first-order valence-electron chi connectivity index (χ1n) is 11.1. The fourth-order valence-electron chi connectivity index (χ4n) is 3.59. The lowest BCUT2D eigenvalue weighted by Crippen LogP contribution is -2.34. The lowest BCUT2D eigenvalue weighted by Gasteiger charge is -2.10. The average molecular weight is 489 g/mol. The first-order chi connectivity index (χ1) is 16.7. The number of hydrogen-bond donors (Lipinski definition) is 2. The van der Waals surface area contributed by atoms with Gasteiger partial charge in [-0.25, -0.2) is 4.98 Å². The number of thiocarbonyl (C=S) groups is 1. The Hall–Kier alpha value is -4.11. The summed E-state index contributed by atoms with van der Waals surface area (Å²) in [5.41, 5.74) is 4.74. The van der Waals surface area contributed by atoms with Crippen LogP contribution < -0.4 is 10.6 Å². The minimum Gasteiger partial charge on any atom is -0.436 e. The molecule has 0 fully saturated rings. The van der Waals surface area contributed by atoms with Gasteiger partial charge < -0.3 is 9.73 Å². The standard InChI is InChI=1S/C26H24N4O4S/c1-4-15(2)18-9-12-23-21(13-18)28-25(34-23)17-7-10-20(11-8-17)27-26(35)29-24(31)19-6-5-16(3)22(14-19)30(32)33/h5-15H,4H2,1-3H3,(H2,27,29,31,35)/t15-/m0/s1. The molecule has 1 aromatic heterocycles. The molecule has 0 aliphatic carbocycles. The van der Waals surface area contributed by atoms with E-state index in [1.165, 1.54) is 23.8 Å². The highest BCUT2D eigenvalue weighted by Crippen LogP contribution is 2.28. The van der Waals surface area contributed by atoms with Crippen molar-refractivity contribution in [1.82, 2.24) is 10.3 Å². The van der Waals surface area contributed by atoms with Crippen LogP contribution >= 0.6 is 12.2 Å². The minimum atomic E-state index is -0.537. The highest BCUT2D eigenvalue weighted by atomic mass is 32.1. The van der Waals surface area contributed by atoms with E-state index >= 15 is 0 Å². The molecule has 8 nitrogen and oxygen atoms in total. The Morgan fingerprint density at radius 2 is 1.89 bits per heavy atom. The maximum Gasteiger partial charge on any atom is 0.273 e. The van der Waals surface area contributed by atoms with E-state index < -0.39 is 10.8 Å². The Bertz CT molecular complexity index is 1430. The van der Waals surface area contributed by atoms with Gasteiger partial charge in [-0.05, 0) is 79.5 Å². The first kappa shape index (κ1) is 24.0. The van der Waals surface area contributed by atoms with Crippen molar-refractivity contribution in [2.45, 2.75) is 33.1 Å². The van der Waals surface area contributed by atoms with Crippen LogP contribution in [0.25, 0.3) is 22.6 Å². The van der Waals surface area contributed by atoms with Gasteiger partial charge in [0.2, 0.25) is 5.89 Å². The number of rotatable bonds is 6. The molecular formula is C26H24N4O4S. The zero-order valence-electron chi connectivity index (χ0n) is 19.5. The van der Waals surface area contributed by atoms with Crippen LogP contribution in [0.3, 0.4) is 0 Å². The van der Waals surface area contributed by atoms with E-state index in [9.17, 15) is 14.9 Å². The Kier molecular flexibility index (Phi) is 6.88. The molecule has 4 aromatic rings. The first-order valence-corrected chi connectivity index (χ1v) is 11.5. The average Bonchev–Trinajstić information content (AvgIpc) is 3.27. The number of nitrogens with zero attached hydrogens (tertiary/aromatic N) is 2. The fourth-order valence-corrected chi connectivity index (χ4v) is 3.80. The summed E-state index contributed by atoms with van der Waals surface area (Å²) in [5, 5.41) is 16.7. The smallest absolute Gasteiger partial charge is 0.273 e. The van der Waals surface area contributed by atoms with Crippen LogP contribution in [0.1, 0.15) is 47.7 Å². The molecule has 9 heteroatoms. The molecule has 0 aliphatic heterocycles. The normalized spacial score (nSPS) is 11.7. The van der Waals surface area contributed by atoms with Crippen LogP contribution in [0.5, 0.6) is 0 Å². The zero-order valence-corrected chi connectivity index (χ0v) is 20.3. The fraction of sp³-hybridized carbons (Fsp3) is 0.192. The number of carbonyl (C=O) groups excluding carboxylic acids is 1. The number of nitro groups is 1. The lowest BCUT2D eigenvalue weighted by atomic mass is 9.98. The molecule has 1 atom stereocenters. The third-order valence-corrected chi connectivity index (χ3v) is 6.08. The molecule has 0 saturated carbocycles. The number of nitro benzene ring substituents is 1. The van der Waals surface area contributed by atoms with Gasteiger partial charge in [-0.3, -0.25) is 20.2 Å². The second kappa shape index (κ2) is 10.0.